The van der Waals surface area contributed by atoms with Gasteiger partial charge in [-0.3, -0.25) is 0 Å². The number of ether oxygens (including phenoxy) is 1. The first kappa shape index (κ1) is 13.4. The summed E-state index contributed by atoms with van der Waals surface area (Å²) < 4.78 is 5.63. The van der Waals surface area contributed by atoms with Crippen LogP contribution in [0, 0.1) is 6.92 Å². The van der Waals surface area contributed by atoms with Crippen LogP contribution in [0.15, 0.2) is 36.4 Å². The van der Waals surface area contributed by atoms with Crippen molar-refractivity contribution in [1.82, 2.24) is 4.98 Å². The number of carboxylic acids is 1. The van der Waals surface area contributed by atoms with Gasteiger partial charge in [-0.2, -0.15) is 0 Å². The highest BCUT2D eigenvalue weighted by molar-refractivity contribution is 5.89. The van der Waals surface area contributed by atoms with Crippen molar-refractivity contribution in [2.45, 2.75) is 19.4 Å². The Morgan fingerprint density at radius 2 is 2.14 bits per heavy atom. The Morgan fingerprint density at radius 3 is 2.90 bits per heavy atom. The Kier molecular flexibility index (Phi) is 3.48. The number of carboxylic acid groups (broad SMARTS) is 1. The molecule has 0 bridgehead atoms. The molecule has 108 valence electrons. The molecule has 0 saturated carbocycles. The van der Waals surface area contributed by atoms with E-state index in [2.05, 4.69) is 10.3 Å². The first-order valence-corrected chi connectivity index (χ1v) is 6.84. The second-order valence-corrected chi connectivity index (χ2v) is 5.01. The van der Waals surface area contributed by atoms with Gasteiger partial charge >= 0.3 is 5.97 Å². The molecule has 0 radical (unpaired) electrons. The lowest BCUT2D eigenvalue weighted by atomic mass is 10.0. The highest BCUT2D eigenvalue weighted by atomic mass is 16.5. The summed E-state index contributed by atoms with van der Waals surface area (Å²) in [7, 11) is 0. The maximum Gasteiger partial charge on any atom is 0.337 e. The molecule has 1 aliphatic rings. The zero-order chi connectivity index (χ0) is 14.8. The molecule has 0 amide bonds. The standard InChI is InChI=1S/C16H16N2O3/c1-10-11(16(19)20)6-7-15(17-10)18-13-8-9-21-14-5-3-2-4-12(13)14/h2-7,13H,8-9H2,1H3,(H,17,18)(H,19,20). The summed E-state index contributed by atoms with van der Waals surface area (Å²) in [4.78, 5) is 15.3. The smallest absolute Gasteiger partial charge is 0.337 e. The van der Waals surface area contributed by atoms with Gasteiger partial charge in [0.1, 0.15) is 11.6 Å². The number of aromatic nitrogens is 1. The predicted molar refractivity (Wildman–Crippen MR) is 78.9 cm³/mol. The van der Waals surface area contributed by atoms with Gasteiger partial charge in [-0.1, -0.05) is 18.2 Å². The van der Waals surface area contributed by atoms with Gasteiger partial charge in [0.2, 0.25) is 0 Å². The highest BCUT2D eigenvalue weighted by Crippen LogP contribution is 2.33. The van der Waals surface area contributed by atoms with Crippen LogP contribution in [0.5, 0.6) is 5.75 Å². The number of carbonyl (C=O) groups is 1. The molecule has 21 heavy (non-hydrogen) atoms. The normalized spacial score (nSPS) is 16.7. The van der Waals surface area contributed by atoms with Crippen LogP contribution in [0.1, 0.15) is 34.1 Å². The molecular weight excluding hydrogens is 268 g/mol. The lowest BCUT2D eigenvalue weighted by Gasteiger charge is -2.27. The highest BCUT2D eigenvalue weighted by Gasteiger charge is 2.21. The van der Waals surface area contributed by atoms with Gasteiger partial charge in [0.15, 0.2) is 0 Å². The summed E-state index contributed by atoms with van der Waals surface area (Å²) in [5, 5.41) is 12.4. The van der Waals surface area contributed by atoms with Crippen molar-refractivity contribution in [3.05, 3.63) is 53.2 Å². The van der Waals surface area contributed by atoms with Crippen LogP contribution in [-0.2, 0) is 0 Å². The molecule has 5 heteroatoms. The fraction of sp³-hybridized carbons (Fsp3) is 0.250. The Labute approximate surface area is 122 Å². The average Bonchev–Trinajstić information content (AvgIpc) is 2.47. The third kappa shape index (κ3) is 2.67. The van der Waals surface area contributed by atoms with Crippen LogP contribution >= 0.6 is 0 Å². The van der Waals surface area contributed by atoms with Crippen LogP contribution in [0.2, 0.25) is 0 Å². The maximum absolute atomic E-state index is 11.0. The number of hydrogen-bond donors (Lipinski definition) is 2. The van der Waals surface area contributed by atoms with Gasteiger partial charge in [0.05, 0.1) is 23.9 Å². The number of benzene rings is 1. The van der Waals surface area contributed by atoms with E-state index < -0.39 is 5.97 Å². The summed E-state index contributed by atoms with van der Waals surface area (Å²) in [6.45, 7) is 2.35. The third-order valence-corrected chi connectivity index (χ3v) is 3.60. The molecule has 3 rings (SSSR count). The van der Waals surface area contributed by atoms with Gasteiger partial charge in [0.25, 0.3) is 0 Å². The molecule has 0 fully saturated rings. The number of para-hydroxylation sites is 1. The monoisotopic (exact) mass is 284 g/mol. The minimum absolute atomic E-state index is 0.123. The first-order valence-electron chi connectivity index (χ1n) is 6.84. The van der Waals surface area contributed by atoms with Crippen molar-refractivity contribution < 1.29 is 14.6 Å². The van der Waals surface area contributed by atoms with Crippen LogP contribution < -0.4 is 10.1 Å². The number of pyridine rings is 1. The molecule has 5 nitrogen and oxygen atoms in total. The van der Waals surface area contributed by atoms with E-state index >= 15 is 0 Å². The Morgan fingerprint density at radius 1 is 1.33 bits per heavy atom. The largest absolute Gasteiger partial charge is 0.493 e. The van der Waals surface area contributed by atoms with Crippen molar-refractivity contribution in [1.29, 1.82) is 0 Å². The van der Waals surface area contributed by atoms with Crippen LogP contribution in [0.25, 0.3) is 0 Å². The van der Waals surface area contributed by atoms with E-state index in [1.165, 1.54) is 0 Å². The molecule has 1 aromatic heterocycles. The summed E-state index contributed by atoms with van der Waals surface area (Å²) in [6.07, 6.45) is 0.846. The minimum atomic E-state index is -0.956. The maximum atomic E-state index is 11.0. The number of aryl methyl sites for hydroxylation is 1. The van der Waals surface area contributed by atoms with Crippen molar-refractivity contribution in [3.8, 4) is 5.75 Å². The summed E-state index contributed by atoms with van der Waals surface area (Å²) in [5.41, 5.74) is 1.84. The zero-order valence-electron chi connectivity index (χ0n) is 11.7. The van der Waals surface area contributed by atoms with Gasteiger partial charge in [-0.25, -0.2) is 9.78 Å². The summed E-state index contributed by atoms with van der Waals surface area (Å²) in [5.74, 6) is 0.613. The third-order valence-electron chi connectivity index (χ3n) is 3.60. The SMILES string of the molecule is Cc1nc(NC2CCOc3ccccc32)ccc1C(=O)O. The van der Waals surface area contributed by atoms with Crippen molar-refractivity contribution in [2.75, 3.05) is 11.9 Å². The topological polar surface area (TPSA) is 71.5 Å². The summed E-state index contributed by atoms with van der Waals surface area (Å²) in [6, 6.07) is 11.3. The zero-order valence-corrected chi connectivity index (χ0v) is 11.7. The lowest BCUT2D eigenvalue weighted by molar-refractivity contribution is 0.0695. The predicted octanol–water partition coefficient (Wildman–Crippen LogP) is 3.02. The van der Waals surface area contributed by atoms with Crippen molar-refractivity contribution in [2.24, 2.45) is 0 Å². The van der Waals surface area contributed by atoms with E-state index in [-0.39, 0.29) is 11.6 Å². The van der Waals surface area contributed by atoms with E-state index in [9.17, 15) is 4.79 Å². The van der Waals surface area contributed by atoms with Gasteiger partial charge < -0.3 is 15.2 Å². The molecule has 1 aromatic carbocycles. The number of nitrogens with one attached hydrogen (secondary N) is 1. The van der Waals surface area contributed by atoms with E-state index in [0.717, 1.165) is 17.7 Å². The molecule has 2 heterocycles. The number of nitrogens with zero attached hydrogens (tertiary/aromatic N) is 1. The van der Waals surface area contributed by atoms with Crippen LogP contribution in [0.4, 0.5) is 5.82 Å². The van der Waals surface area contributed by atoms with E-state index in [4.69, 9.17) is 9.84 Å². The van der Waals surface area contributed by atoms with Gasteiger partial charge in [0, 0.05) is 12.0 Å². The van der Waals surface area contributed by atoms with E-state index in [1.54, 1.807) is 19.1 Å². The number of anilines is 1. The lowest BCUT2D eigenvalue weighted by Crippen LogP contribution is -2.21. The molecule has 0 saturated heterocycles. The molecule has 1 aliphatic heterocycles. The van der Waals surface area contributed by atoms with E-state index in [1.807, 2.05) is 24.3 Å². The van der Waals surface area contributed by atoms with Gasteiger partial charge in [-0.05, 0) is 25.1 Å². The molecule has 2 N–H and O–H groups in total. The molecule has 2 aromatic rings. The van der Waals surface area contributed by atoms with Crippen molar-refractivity contribution in [3.63, 3.8) is 0 Å². The second kappa shape index (κ2) is 5.44. The average molecular weight is 284 g/mol. The molecule has 0 spiro atoms. The first-order chi connectivity index (χ1) is 10.1. The number of hydrogen-bond acceptors (Lipinski definition) is 4. The molecule has 1 atom stereocenters. The quantitative estimate of drug-likeness (QED) is 0.906. The molecular formula is C16H16N2O3. The number of aromatic carboxylic acids is 1. The number of rotatable bonds is 3. The van der Waals surface area contributed by atoms with Crippen molar-refractivity contribution >= 4 is 11.8 Å². The molecule has 1 unspecified atom stereocenters. The number of fused-ring (bicyclic) bond motifs is 1. The van der Waals surface area contributed by atoms with Crippen LogP contribution in [0.3, 0.4) is 0 Å². The van der Waals surface area contributed by atoms with Crippen LogP contribution in [-0.4, -0.2) is 22.7 Å². The molecule has 0 aliphatic carbocycles. The van der Waals surface area contributed by atoms with Gasteiger partial charge in [-0.15, -0.1) is 0 Å². The fourth-order valence-electron chi connectivity index (χ4n) is 2.54. The summed E-state index contributed by atoms with van der Waals surface area (Å²) >= 11 is 0. The Balaban J connectivity index is 1.85. The Hall–Kier alpha value is -2.56. The fourth-order valence-corrected chi connectivity index (χ4v) is 2.54. The second-order valence-electron chi connectivity index (χ2n) is 5.01. The van der Waals surface area contributed by atoms with E-state index in [0.29, 0.717) is 18.1 Å². The Bertz CT molecular complexity index is 685. The minimum Gasteiger partial charge on any atom is -0.493 e.